The van der Waals surface area contributed by atoms with Gasteiger partial charge in [0.25, 0.3) is 0 Å². The van der Waals surface area contributed by atoms with Crippen molar-refractivity contribution in [2.75, 3.05) is 9.80 Å². The number of hydrogen-bond donors (Lipinski definition) is 0. The molecule has 1 aromatic heterocycles. The summed E-state index contributed by atoms with van der Waals surface area (Å²) < 4.78 is 1.32. The van der Waals surface area contributed by atoms with Crippen LogP contribution in [0.1, 0.15) is 39.1 Å². The van der Waals surface area contributed by atoms with Gasteiger partial charge in [-0.3, -0.25) is 0 Å². The molecule has 2 nitrogen and oxygen atoms in total. The number of nitrogens with zero attached hydrogens (tertiary/aromatic N) is 2. The second kappa shape index (κ2) is 13.8. The first-order chi connectivity index (χ1) is 30.8. The van der Waals surface area contributed by atoms with Crippen molar-refractivity contribution in [1.82, 2.24) is 0 Å². The third kappa shape index (κ3) is 5.03. The van der Waals surface area contributed by atoms with Crippen LogP contribution in [-0.2, 0) is 11.8 Å². The standard InChI is InChI=1S/C59H40N2S/c1-4-18-39(19-5-1)60(40-20-6-2-7-21-40)42-32-34-56-49(36-42)50-37-43(33-35-57(50)62-56)61(41-22-8-3-9-23-41)55-38-54-58(47-27-11-10-26-46(47)55)48-28-14-17-31-53(48)59(54)51-29-15-12-24-44(51)45-25-13-16-30-52(45)59/h1-31,33,35-38H,32,34H2. The van der Waals surface area contributed by atoms with Crippen molar-refractivity contribution in [2.24, 2.45) is 0 Å². The smallest absolute Gasteiger partial charge is 0.0726 e. The Kier molecular flexibility index (Phi) is 7.85. The molecule has 0 amide bonds. The van der Waals surface area contributed by atoms with E-state index in [0.717, 1.165) is 24.2 Å². The van der Waals surface area contributed by atoms with Crippen LogP contribution < -0.4 is 9.80 Å². The van der Waals surface area contributed by atoms with Gasteiger partial charge in [-0.05, 0) is 135 Å². The SMILES string of the molecule is C1=C(N(c2ccccc2)c2ccccc2)CCc2sc3ccc(N(c4ccccc4)c4cc5c(c6ccccc46)-c4ccccc4C54c5ccccc5-c5ccccc54)cc3c21. The molecule has 0 N–H and O–H groups in total. The number of benzene rings is 9. The maximum Gasteiger partial charge on any atom is 0.0726 e. The predicted octanol–water partition coefficient (Wildman–Crippen LogP) is 16.0. The first kappa shape index (κ1) is 35.3. The van der Waals surface area contributed by atoms with Crippen LogP contribution in [0, 0.1) is 0 Å². The Morgan fingerprint density at radius 2 is 0.903 bits per heavy atom. The minimum absolute atomic E-state index is 0.457. The molecule has 1 spiro atoms. The summed E-state index contributed by atoms with van der Waals surface area (Å²) in [6, 6.07) is 78.8. The van der Waals surface area contributed by atoms with Crippen LogP contribution in [0.2, 0.25) is 0 Å². The van der Waals surface area contributed by atoms with Crippen molar-refractivity contribution in [3.05, 3.63) is 251 Å². The summed E-state index contributed by atoms with van der Waals surface area (Å²) in [7, 11) is 0. The van der Waals surface area contributed by atoms with Crippen LogP contribution in [0.15, 0.2) is 218 Å². The van der Waals surface area contributed by atoms with Crippen molar-refractivity contribution in [1.29, 1.82) is 0 Å². The van der Waals surface area contributed by atoms with E-state index in [1.165, 1.54) is 98.6 Å². The first-order valence-electron chi connectivity index (χ1n) is 21.6. The fourth-order valence-electron chi connectivity index (χ4n) is 11.1. The highest BCUT2D eigenvalue weighted by atomic mass is 32.1. The number of fused-ring (bicyclic) bond motifs is 15. The summed E-state index contributed by atoms with van der Waals surface area (Å²) in [5.74, 6) is 0. The summed E-state index contributed by atoms with van der Waals surface area (Å²) in [5.41, 5.74) is 18.7. The zero-order chi connectivity index (χ0) is 40.8. The Labute approximate surface area is 365 Å². The Morgan fingerprint density at radius 3 is 1.53 bits per heavy atom. The van der Waals surface area contributed by atoms with Gasteiger partial charge in [0.1, 0.15) is 0 Å². The van der Waals surface area contributed by atoms with Gasteiger partial charge >= 0.3 is 0 Å². The zero-order valence-electron chi connectivity index (χ0n) is 34.0. The molecule has 0 radical (unpaired) electrons. The molecule has 0 unspecified atom stereocenters. The summed E-state index contributed by atoms with van der Waals surface area (Å²) in [5, 5.41) is 3.81. The quantitative estimate of drug-likeness (QED) is 0.165. The molecule has 0 saturated heterocycles. The van der Waals surface area contributed by atoms with Crippen molar-refractivity contribution < 1.29 is 0 Å². The van der Waals surface area contributed by atoms with Crippen molar-refractivity contribution in [3.8, 4) is 22.3 Å². The molecule has 3 aliphatic carbocycles. The number of anilines is 5. The molecule has 13 rings (SSSR count). The van der Waals surface area contributed by atoms with Gasteiger partial charge in [-0.2, -0.15) is 0 Å². The van der Waals surface area contributed by atoms with E-state index in [9.17, 15) is 0 Å². The molecular weight excluding hydrogens is 769 g/mol. The van der Waals surface area contributed by atoms with E-state index < -0.39 is 5.41 Å². The third-order valence-corrected chi connectivity index (χ3v) is 14.8. The van der Waals surface area contributed by atoms with Gasteiger partial charge in [0, 0.05) is 48.8 Å². The van der Waals surface area contributed by atoms with Crippen LogP contribution in [0.3, 0.4) is 0 Å². The molecule has 0 bridgehead atoms. The molecule has 10 aromatic rings. The average Bonchev–Trinajstić information content (AvgIpc) is 3.96. The number of aryl methyl sites for hydroxylation is 1. The second-order valence-electron chi connectivity index (χ2n) is 16.7. The van der Waals surface area contributed by atoms with E-state index in [0.29, 0.717) is 0 Å². The number of para-hydroxylation sites is 3. The third-order valence-electron chi connectivity index (χ3n) is 13.5. The van der Waals surface area contributed by atoms with Gasteiger partial charge in [0.05, 0.1) is 11.1 Å². The second-order valence-corrected chi connectivity index (χ2v) is 17.8. The Bertz CT molecular complexity index is 3330. The summed E-state index contributed by atoms with van der Waals surface area (Å²) in [6.45, 7) is 0. The van der Waals surface area contributed by atoms with Crippen LogP contribution in [0.5, 0.6) is 0 Å². The summed E-state index contributed by atoms with van der Waals surface area (Å²) in [4.78, 5) is 6.41. The van der Waals surface area contributed by atoms with Crippen LogP contribution in [0.25, 0.3) is 49.2 Å². The largest absolute Gasteiger partial charge is 0.314 e. The molecule has 3 aliphatic rings. The van der Waals surface area contributed by atoms with Gasteiger partial charge in [-0.1, -0.05) is 152 Å². The fraction of sp³-hybridized carbons (Fsp3) is 0.0508. The monoisotopic (exact) mass is 808 g/mol. The lowest BCUT2D eigenvalue weighted by Gasteiger charge is -2.33. The molecule has 1 heterocycles. The van der Waals surface area contributed by atoms with Crippen molar-refractivity contribution in [3.63, 3.8) is 0 Å². The average molecular weight is 809 g/mol. The minimum Gasteiger partial charge on any atom is -0.314 e. The van der Waals surface area contributed by atoms with Crippen molar-refractivity contribution >= 4 is 66.7 Å². The Hall–Kier alpha value is -7.46. The highest BCUT2D eigenvalue weighted by Gasteiger charge is 2.52. The Morgan fingerprint density at radius 1 is 0.387 bits per heavy atom. The summed E-state index contributed by atoms with van der Waals surface area (Å²) in [6.07, 6.45) is 4.45. The number of rotatable bonds is 6. The normalized spacial score (nSPS) is 13.9. The summed E-state index contributed by atoms with van der Waals surface area (Å²) >= 11 is 1.95. The highest BCUT2D eigenvalue weighted by Crippen LogP contribution is 2.65. The fourth-order valence-corrected chi connectivity index (χ4v) is 12.2. The molecule has 0 fully saturated rings. The number of hydrogen-bond acceptors (Lipinski definition) is 3. The van der Waals surface area contributed by atoms with E-state index in [2.05, 4.69) is 228 Å². The lowest BCUT2D eigenvalue weighted by Crippen LogP contribution is -2.26. The topological polar surface area (TPSA) is 6.48 Å². The molecule has 62 heavy (non-hydrogen) atoms. The van der Waals surface area contributed by atoms with Gasteiger partial charge in [0.15, 0.2) is 0 Å². The van der Waals surface area contributed by atoms with E-state index in [4.69, 9.17) is 0 Å². The molecular formula is C59H40N2S. The van der Waals surface area contributed by atoms with E-state index in [1.54, 1.807) is 0 Å². The molecule has 292 valence electrons. The maximum atomic E-state index is 2.55. The van der Waals surface area contributed by atoms with Crippen LogP contribution in [-0.4, -0.2) is 0 Å². The maximum absolute atomic E-state index is 2.55. The predicted molar refractivity (Wildman–Crippen MR) is 262 cm³/mol. The molecule has 9 aromatic carbocycles. The lowest BCUT2D eigenvalue weighted by molar-refractivity contribution is 0.794. The highest BCUT2D eigenvalue weighted by molar-refractivity contribution is 7.19. The van der Waals surface area contributed by atoms with E-state index in [1.807, 2.05) is 11.3 Å². The van der Waals surface area contributed by atoms with Gasteiger partial charge in [-0.15, -0.1) is 11.3 Å². The number of allylic oxidation sites excluding steroid dienone is 1. The van der Waals surface area contributed by atoms with Crippen LogP contribution >= 0.6 is 11.3 Å². The van der Waals surface area contributed by atoms with Gasteiger partial charge in [-0.25, -0.2) is 0 Å². The Balaban J connectivity index is 1.06. The van der Waals surface area contributed by atoms with E-state index in [-0.39, 0.29) is 0 Å². The zero-order valence-corrected chi connectivity index (χ0v) is 34.8. The first-order valence-corrected chi connectivity index (χ1v) is 22.5. The van der Waals surface area contributed by atoms with Gasteiger partial charge < -0.3 is 9.80 Å². The minimum atomic E-state index is -0.457. The lowest BCUT2D eigenvalue weighted by atomic mass is 9.70. The van der Waals surface area contributed by atoms with Crippen LogP contribution in [0.4, 0.5) is 28.4 Å². The molecule has 0 saturated carbocycles. The van der Waals surface area contributed by atoms with Gasteiger partial charge in [0.2, 0.25) is 0 Å². The molecule has 3 heteroatoms. The molecule has 0 aliphatic heterocycles. The van der Waals surface area contributed by atoms with E-state index >= 15 is 0 Å². The molecule has 0 atom stereocenters. The number of thiophene rings is 1. The van der Waals surface area contributed by atoms with Crippen molar-refractivity contribution in [2.45, 2.75) is 18.3 Å².